The number of benzene rings is 1. The minimum Gasteiger partial charge on any atom is -0.352 e. The maximum atomic E-state index is 13.2. The first-order valence-electron chi connectivity index (χ1n) is 11.2. The first-order valence-corrected chi connectivity index (χ1v) is 11.2. The summed E-state index contributed by atoms with van der Waals surface area (Å²) in [6.45, 7) is 5.01. The number of carbonyl (C=O) groups excluding carboxylic acids is 1. The molecule has 2 aromatic heterocycles. The Morgan fingerprint density at radius 1 is 1.00 bits per heavy atom. The Labute approximate surface area is 182 Å². The van der Waals surface area contributed by atoms with Crippen LogP contribution >= 0.6 is 0 Å². The maximum Gasteiger partial charge on any atom is 0.272 e. The molecule has 0 bridgehead atoms. The Balaban J connectivity index is 1.26. The van der Waals surface area contributed by atoms with Gasteiger partial charge in [0.1, 0.15) is 5.69 Å². The van der Waals surface area contributed by atoms with Gasteiger partial charge in [0.25, 0.3) is 5.91 Å². The molecule has 31 heavy (non-hydrogen) atoms. The van der Waals surface area contributed by atoms with Crippen LogP contribution in [-0.4, -0.2) is 57.0 Å². The molecule has 1 amide bonds. The van der Waals surface area contributed by atoms with E-state index in [9.17, 15) is 4.79 Å². The SMILES string of the molecule is CCc1ccc(-c2cc(C(=O)N3CCN(c4cc5c(nn4)CCC5)CC3)n(C)n2)cc1. The predicted octanol–water partition coefficient (Wildman–Crippen LogP) is 2.89. The smallest absolute Gasteiger partial charge is 0.272 e. The van der Waals surface area contributed by atoms with Crippen LogP contribution < -0.4 is 4.90 Å². The number of amides is 1. The van der Waals surface area contributed by atoms with Crippen LogP contribution in [0.15, 0.2) is 36.4 Å². The minimum atomic E-state index is 0.0334. The second kappa shape index (κ2) is 8.13. The molecular formula is C24H28N6O. The van der Waals surface area contributed by atoms with Crippen LogP contribution in [0.3, 0.4) is 0 Å². The molecule has 1 fully saturated rings. The highest BCUT2D eigenvalue weighted by molar-refractivity contribution is 5.94. The molecule has 0 unspecified atom stereocenters. The van der Waals surface area contributed by atoms with Crippen molar-refractivity contribution in [3.05, 3.63) is 58.9 Å². The number of nitrogens with zero attached hydrogens (tertiary/aromatic N) is 6. The number of aromatic nitrogens is 4. The van der Waals surface area contributed by atoms with Gasteiger partial charge in [-0.3, -0.25) is 9.48 Å². The van der Waals surface area contributed by atoms with E-state index in [1.807, 2.05) is 18.0 Å². The first-order chi connectivity index (χ1) is 15.1. The van der Waals surface area contributed by atoms with Gasteiger partial charge in [-0.2, -0.15) is 10.2 Å². The zero-order chi connectivity index (χ0) is 21.4. The second-order valence-corrected chi connectivity index (χ2v) is 8.40. The van der Waals surface area contributed by atoms with E-state index in [1.165, 1.54) is 17.5 Å². The molecule has 7 heteroatoms. The molecule has 0 spiro atoms. The Morgan fingerprint density at radius 3 is 2.52 bits per heavy atom. The highest BCUT2D eigenvalue weighted by Gasteiger charge is 2.26. The fraction of sp³-hybridized carbons (Fsp3) is 0.417. The summed E-state index contributed by atoms with van der Waals surface area (Å²) < 4.78 is 1.70. The van der Waals surface area contributed by atoms with Crippen LogP contribution in [0.25, 0.3) is 11.3 Å². The van der Waals surface area contributed by atoms with Gasteiger partial charge in [-0.1, -0.05) is 31.2 Å². The molecule has 1 aliphatic carbocycles. The van der Waals surface area contributed by atoms with Crippen molar-refractivity contribution in [3.63, 3.8) is 0 Å². The van der Waals surface area contributed by atoms with Gasteiger partial charge in [0.15, 0.2) is 5.82 Å². The van der Waals surface area contributed by atoms with Crippen molar-refractivity contribution in [1.82, 2.24) is 24.9 Å². The minimum absolute atomic E-state index is 0.0334. The summed E-state index contributed by atoms with van der Waals surface area (Å²) in [5.74, 6) is 0.970. The van der Waals surface area contributed by atoms with Crippen LogP contribution in [-0.2, 0) is 26.3 Å². The van der Waals surface area contributed by atoms with Gasteiger partial charge in [0, 0.05) is 38.8 Å². The fourth-order valence-corrected chi connectivity index (χ4v) is 4.49. The molecule has 0 saturated carbocycles. The number of carbonyl (C=O) groups is 1. The topological polar surface area (TPSA) is 67.2 Å². The number of hydrogen-bond acceptors (Lipinski definition) is 5. The maximum absolute atomic E-state index is 13.2. The summed E-state index contributed by atoms with van der Waals surface area (Å²) in [5.41, 5.74) is 6.27. The lowest BCUT2D eigenvalue weighted by molar-refractivity contribution is 0.0735. The van der Waals surface area contributed by atoms with E-state index in [4.69, 9.17) is 0 Å². The predicted molar refractivity (Wildman–Crippen MR) is 120 cm³/mol. The zero-order valence-electron chi connectivity index (χ0n) is 18.2. The van der Waals surface area contributed by atoms with Crippen molar-refractivity contribution in [2.75, 3.05) is 31.1 Å². The average Bonchev–Trinajstić information content (AvgIpc) is 3.44. The van der Waals surface area contributed by atoms with Gasteiger partial charge in [0.2, 0.25) is 0 Å². The lowest BCUT2D eigenvalue weighted by Gasteiger charge is -2.35. The van der Waals surface area contributed by atoms with E-state index in [-0.39, 0.29) is 5.91 Å². The van der Waals surface area contributed by atoms with Crippen molar-refractivity contribution < 1.29 is 4.79 Å². The zero-order valence-corrected chi connectivity index (χ0v) is 18.2. The van der Waals surface area contributed by atoms with E-state index in [1.54, 1.807) is 4.68 Å². The second-order valence-electron chi connectivity index (χ2n) is 8.40. The number of piperazine rings is 1. The summed E-state index contributed by atoms with van der Waals surface area (Å²) in [5, 5.41) is 13.4. The molecule has 7 nitrogen and oxygen atoms in total. The third-order valence-corrected chi connectivity index (χ3v) is 6.45. The van der Waals surface area contributed by atoms with Crippen LogP contribution in [0.4, 0.5) is 5.82 Å². The lowest BCUT2D eigenvalue weighted by atomic mass is 10.1. The van der Waals surface area contributed by atoms with Gasteiger partial charge >= 0.3 is 0 Å². The van der Waals surface area contributed by atoms with Gasteiger partial charge < -0.3 is 9.80 Å². The summed E-state index contributed by atoms with van der Waals surface area (Å²) in [7, 11) is 1.84. The van der Waals surface area contributed by atoms with E-state index in [2.05, 4.69) is 57.5 Å². The summed E-state index contributed by atoms with van der Waals surface area (Å²) in [4.78, 5) is 17.3. The monoisotopic (exact) mass is 416 g/mol. The highest BCUT2D eigenvalue weighted by atomic mass is 16.2. The van der Waals surface area contributed by atoms with Gasteiger partial charge in [-0.05, 0) is 48.9 Å². The lowest BCUT2D eigenvalue weighted by Crippen LogP contribution is -2.49. The van der Waals surface area contributed by atoms with E-state index < -0.39 is 0 Å². The Hall–Kier alpha value is -3.22. The summed E-state index contributed by atoms with van der Waals surface area (Å²) in [6.07, 6.45) is 4.32. The quantitative estimate of drug-likeness (QED) is 0.654. The van der Waals surface area contributed by atoms with Gasteiger partial charge in [-0.25, -0.2) is 0 Å². The third kappa shape index (κ3) is 3.80. The summed E-state index contributed by atoms with van der Waals surface area (Å²) in [6, 6.07) is 12.5. The molecule has 3 heterocycles. The molecule has 2 aliphatic rings. The molecule has 1 aromatic carbocycles. The van der Waals surface area contributed by atoms with Crippen LogP contribution in [0.5, 0.6) is 0 Å². The third-order valence-electron chi connectivity index (χ3n) is 6.45. The van der Waals surface area contributed by atoms with Crippen LogP contribution in [0.1, 0.15) is 40.7 Å². The largest absolute Gasteiger partial charge is 0.352 e. The van der Waals surface area contributed by atoms with Crippen LogP contribution in [0, 0.1) is 0 Å². The average molecular weight is 417 g/mol. The number of rotatable bonds is 4. The standard InChI is InChI=1S/C24H28N6O/c1-3-17-7-9-18(10-8-17)21-16-22(28(2)27-21)24(31)30-13-11-29(12-14-30)23-15-19-5-4-6-20(19)25-26-23/h7-10,15-16H,3-6,11-14H2,1-2H3. The molecule has 0 radical (unpaired) electrons. The first kappa shape index (κ1) is 19.7. The Bertz CT molecular complexity index is 1100. The Morgan fingerprint density at radius 2 is 1.77 bits per heavy atom. The molecule has 1 aliphatic heterocycles. The van der Waals surface area contributed by atoms with Crippen molar-refractivity contribution >= 4 is 11.7 Å². The van der Waals surface area contributed by atoms with E-state index in [0.29, 0.717) is 18.8 Å². The molecular weight excluding hydrogens is 388 g/mol. The molecule has 0 atom stereocenters. The summed E-state index contributed by atoms with van der Waals surface area (Å²) >= 11 is 0. The number of aryl methyl sites for hydroxylation is 4. The van der Waals surface area contributed by atoms with Crippen molar-refractivity contribution in [2.45, 2.75) is 32.6 Å². The van der Waals surface area contributed by atoms with Gasteiger partial charge in [-0.15, -0.1) is 5.10 Å². The molecule has 1 saturated heterocycles. The van der Waals surface area contributed by atoms with E-state index >= 15 is 0 Å². The fourth-order valence-electron chi connectivity index (χ4n) is 4.49. The van der Waals surface area contributed by atoms with Gasteiger partial charge in [0.05, 0.1) is 11.4 Å². The Kier molecular flexibility index (Phi) is 5.18. The van der Waals surface area contributed by atoms with Crippen molar-refractivity contribution in [3.8, 4) is 11.3 Å². The number of hydrogen-bond donors (Lipinski definition) is 0. The van der Waals surface area contributed by atoms with Crippen molar-refractivity contribution in [1.29, 1.82) is 0 Å². The highest BCUT2D eigenvalue weighted by Crippen LogP contribution is 2.24. The molecule has 3 aromatic rings. The van der Waals surface area contributed by atoms with E-state index in [0.717, 1.165) is 55.1 Å². The molecule has 5 rings (SSSR count). The van der Waals surface area contributed by atoms with Crippen molar-refractivity contribution in [2.24, 2.45) is 7.05 Å². The number of fused-ring (bicyclic) bond motifs is 1. The van der Waals surface area contributed by atoms with Crippen LogP contribution in [0.2, 0.25) is 0 Å². The molecule has 0 N–H and O–H groups in total. The molecule has 160 valence electrons. The normalized spacial score (nSPS) is 15.9. The number of anilines is 1.